The number of aliphatic hydroxyl groups excluding tert-OH is 1. The molecule has 3 N–H and O–H groups in total. The Hall–Kier alpha value is 0.270. The third-order valence-corrected chi connectivity index (χ3v) is 5.61. The van der Waals surface area contributed by atoms with Crippen molar-refractivity contribution in [1.29, 1.82) is 0 Å². The van der Waals surface area contributed by atoms with Crippen LogP contribution >= 0.6 is 35.7 Å². The highest BCUT2D eigenvalue weighted by Gasteiger charge is 2.29. The van der Waals surface area contributed by atoms with E-state index >= 15 is 0 Å². The van der Waals surface area contributed by atoms with Gasteiger partial charge in [-0.15, -0.1) is 24.0 Å². The Kier molecular flexibility index (Phi) is 10.2. The summed E-state index contributed by atoms with van der Waals surface area (Å²) in [4.78, 5) is 4.68. The summed E-state index contributed by atoms with van der Waals surface area (Å²) in [5.74, 6) is 2.77. The highest BCUT2D eigenvalue weighted by Crippen LogP contribution is 2.37. The lowest BCUT2D eigenvalue weighted by molar-refractivity contribution is 0.0345. The molecule has 5 nitrogen and oxygen atoms in total. The van der Waals surface area contributed by atoms with Gasteiger partial charge in [0.05, 0.1) is 19.3 Å². The smallest absolute Gasteiger partial charge is 0.191 e. The fourth-order valence-corrected chi connectivity index (χ4v) is 3.70. The summed E-state index contributed by atoms with van der Waals surface area (Å²) in [7, 11) is 0. The molecule has 2 rings (SSSR count). The fourth-order valence-electron chi connectivity index (χ4n) is 2.48. The summed E-state index contributed by atoms with van der Waals surface area (Å²) in [6.07, 6.45) is 4.60. The van der Waals surface area contributed by atoms with Crippen LogP contribution in [-0.2, 0) is 4.74 Å². The van der Waals surface area contributed by atoms with Crippen molar-refractivity contribution in [2.45, 2.75) is 50.4 Å². The zero-order chi connectivity index (χ0) is 15.8. The Morgan fingerprint density at radius 2 is 2.22 bits per heavy atom. The minimum atomic E-state index is -0.487. The molecule has 2 atom stereocenters. The number of aliphatic hydroxyl groups is 1. The average Bonchev–Trinajstić information content (AvgIpc) is 3.22. The second-order valence-corrected chi connectivity index (χ2v) is 8.30. The van der Waals surface area contributed by atoms with Gasteiger partial charge in [-0.05, 0) is 51.2 Å². The fraction of sp³-hybridized carbons (Fsp3) is 0.938. The predicted octanol–water partition coefficient (Wildman–Crippen LogP) is 2.23. The minimum absolute atomic E-state index is 0. The van der Waals surface area contributed by atoms with Crippen molar-refractivity contribution in [2.75, 3.05) is 38.6 Å². The Bertz CT molecular complexity index is 361. The molecule has 1 heterocycles. The van der Waals surface area contributed by atoms with Crippen LogP contribution < -0.4 is 10.6 Å². The lowest BCUT2D eigenvalue weighted by Crippen LogP contribution is -2.43. The molecule has 0 bridgehead atoms. The number of hydrogen-bond donors (Lipinski definition) is 3. The number of rotatable bonds is 9. The first-order chi connectivity index (χ1) is 10.6. The van der Waals surface area contributed by atoms with E-state index < -0.39 is 6.10 Å². The van der Waals surface area contributed by atoms with Crippen molar-refractivity contribution in [3.8, 4) is 0 Å². The van der Waals surface area contributed by atoms with Crippen LogP contribution in [0.5, 0.6) is 0 Å². The quantitative estimate of drug-likeness (QED) is 0.282. The van der Waals surface area contributed by atoms with E-state index in [1.165, 1.54) is 31.4 Å². The van der Waals surface area contributed by atoms with Crippen LogP contribution in [0.15, 0.2) is 4.99 Å². The van der Waals surface area contributed by atoms with Gasteiger partial charge in [0, 0.05) is 24.4 Å². The monoisotopic (exact) mass is 457 g/mol. The number of halogens is 1. The van der Waals surface area contributed by atoms with Crippen molar-refractivity contribution >= 4 is 41.7 Å². The molecule has 0 aromatic rings. The van der Waals surface area contributed by atoms with Crippen LogP contribution in [0, 0.1) is 5.92 Å². The van der Waals surface area contributed by atoms with E-state index in [9.17, 15) is 5.11 Å². The SMILES string of the molecule is CCNC(=NCC1(C)CCCS1)NCC(O)COCC1CC1.I. The van der Waals surface area contributed by atoms with Crippen LogP contribution in [0.25, 0.3) is 0 Å². The van der Waals surface area contributed by atoms with Gasteiger partial charge < -0.3 is 20.5 Å². The summed E-state index contributed by atoms with van der Waals surface area (Å²) in [6, 6.07) is 0. The number of thioether (sulfide) groups is 1. The minimum Gasteiger partial charge on any atom is -0.389 e. The van der Waals surface area contributed by atoms with E-state index in [0.29, 0.717) is 13.2 Å². The molecule has 0 aromatic carbocycles. The molecular weight excluding hydrogens is 425 g/mol. The summed E-state index contributed by atoms with van der Waals surface area (Å²) in [6.45, 7) is 7.65. The molecule has 2 unspecified atom stereocenters. The molecule has 136 valence electrons. The lowest BCUT2D eigenvalue weighted by atomic mass is 10.1. The highest BCUT2D eigenvalue weighted by molar-refractivity contribution is 14.0. The molecule has 0 amide bonds. The van der Waals surface area contributed by atoms with Gasteiger partial charge in [-0.2, -0.15) is 11.8 Å². The summed E-state index contributed by atoms with van der Waals surface area (Å²) < 4.78 is 5.79. The largest absolute Gasteiger partial charge is 0.389 e. The van der Waals surface area contributed by atoms with Crippen LogP contribution in [0.1, 0.15) is 39.5 Å². The maximum atomic E-state index is 9.96. The Morgan fingerprint density at radius 1 is 1.43 bits per heavy atom. The molecular formula is C16H32IN3O2S. The van der Waals surface area contributed by atoms with Crippen molar-refractivity contribution in [2.24, 2.45) is 10.9 Å². The number of nitrogens with one attached hydrogen (secondary N) is 2. The maximum absolute atomic E-state index is 9.96. The first kappa shape index (κ1) is 21.3. The van der Waals surface area contributed by atoms with Gasteiger partial charge in [0.25, 0.3) is 0 Å². The first-order valence-corrected chi connectivity index (χ1v) is 9.52. The molecule has 1 saturated carbocycles. The van der Waals surface area contributed by atoms with Gasteiger partial charge in [-0.3, -0.25) is 4.99 Å². The van der Waals surface area contributed by atoms with Crippen molar-refractivity contribution in [1.82, 2.24) is 10.6 Å². The van der Waals surface area contributed by atoms with E-state index in [-0.39, 0.29) is 28.7 Å². The number of guanidine groups is 1. The van der Waals surface area contributed by atoms with E-state index in [1.807, 2.05) is 11.8 Å². The summed E-state index contributed by atoms with van der Waals surface area (Å²) >= 11 is 2.02. The topological polar surface area (TPSA) is 65.9 Å². The lowest BCUT2D eigenvalue weighted by Gasteiger charge is -2.21. The Morgan fingerprint density at radius 3 is 2.83 bits per heavy atom. The second kappa shape index (κ2) is 11.0. The van der Waals surface area contributed by atoms with E-state index in [1.54, 1.807) is 0 Å². The third kappa shape index (κ3) is 8.79. The zero-order valence-corrected chi connectivity index (χ0v) is 17.5. The highest BCUT2D eigenvalue weighted by atomic mass is 127. The van der Waals surface area contributed by atoms with E-state index in [2.05, 4.69) is 29.5 Å². The van der Waals surface area contributed by atoms with Gasteiger partial charge in [0.15, 0.2) is 5.96 Å². The standard InChI is InChI=1S/C16H31N3O2S.HI/c1-3-17-15(19-12-16(2)7-4-8-22-16)18-9-14(20)11-21-10-13-5-6-13;/h13-14,20H,3-12H2,1-2H3,(H2,17,18,19);1H. The molecule has 1 aliphatic heterocycles. The molecule has 1 saturated heterocycles. The third-order valence-electron chi connectivity index (χ3n) is 4.08. The maximum Gasteiger partial charge on any atom is 0.191 e. The van der Waals surface area contributed by atoms with E-state index in [0.717, 1.165) is 31.6 Å². The van der Waals surface area contributed by atoms with Crippen molar-refractivity contribution in [3.63, 3.8) is 0 Å². The van der Waals surface area contributed by atoms with Gasteiger partial charge in [0.1, 0.15) is 0 Å². The first-order valence-electron chi connectivity index (χ1n) is 8.53. The molecule has 23 heavy (non-hydrogen) atoms. The van der Waals surface area contributed by atoms with Crippen molar-refractivity contribution in [3.05, 3.63) is 0 Å². The molecule has 2 fully saturated rings. The Labute approximate surface area is 161 Å². The van der Waals surface area contributed by atoms with Crippen molar-refractivity contribution < 1.29 is 9.84 Å². The van der Waals surface area contributed by atoms with Gasteiger partial charge >= 0.3 is 0 Å². The van der Waals surface area contributed by atoms with E-state index in [4.69, 9.17) is 4.74 Å². The normalized spacial score (nSPS) is 25.8. The van der Waals surface area contributed by atoms with Gasteiger partial charge in [-0.1, -0.05) is 0 Å². The van der Waals surface area contributed by atoms with Crippen LogP contribution in [0.3, 0.4) is 0 Å². The molecule has 0 spiro atoms. The predicted molar refractivity (Wildman–Crippen MR) is 109 cm³/mol. The molecule has 0 aromatic heterocycles. The number of aliphatic imine (C=N–C) groups is 1. The van der Waals surface area contributed by atoms with Crippen LogP contribution in [0.4, 0.5) is 0 Å². The molecule has 7 heteroatoms. The van der Waals surface area contributed by atoms with Crippen LogP contribution in [-0.4, -0.2) is 60.5 Å². The van der Waals surface area contributed by atoms with Gasteiger partial charge in [-0.25, -0.2) is 0 Å². The summed E-state index contributed by atoms with van der Waals surface area (Å²) in [5.41, 5.74) is 0. The summed E-state index contributed by atoms with van der Waals surface area (Å²) in [5, 5.41) is 16.4. The zero-order valence-electron chi connectivity index (χ0n) is 14.3. The second-order valence-electron chi connectivity index (χ2n) is 6.61. The van der Waals surface area contributed by atoms with Crippen LogP contribution in [0.2, 0.25) is 0 Å². The number of hydrogen-bond acceptors (Lipinski definition) is 4. The molecule has 2 aliphatic rings. The number of nitrogens with zero attached hydrogens (tertiary/aromatic N) is 1. The number of ether oxygens (including phenoxy) is 1. The average molecular weight is 457 g/mol. The molecule has 1 aliphatic carbocycles. The van der Waals surface area contributed by atoms with Gasteiger partial charge in [0.2, 0.25) is 0 Å². The molecule has 0 radical (unpaired) electrons. The Balaban J connectivity index is 0.00000264.